The molecule has 0 saturated carbocycles. The Kier molecular flexibility index (Phi) is 6.04. The van der Waals surface area contributed by atoms with E-state index in [0.29, 0.717) is 18.7 Å². The number of nitrogens with zero attached hydrogens (tertiary/aromatic N) is 3. The van der Waals surface area contributed by atoms with Crippen molar-refractivity contribution in [3.63, 3.8) is 0 Å². The van der Waals surface area contributed by atoms with Gasteiger partial charge in [-0.2, -0.15) is 5.26 Å². The maximum Gasteiger partial charge on any atom is 0.236 e. The summed E-state index contributed by atoms with van der Waals surface area (Å²) < 4.78 is 0. The zero-order chi connectivity index (χ0) is 14.3. The lowest BCUT2D eigenvalue weighted by Crippen LogP contribution is -2.38. The van der Waals surface area contributed by atoms with Crippen molar-refractivity contribution in [1.82, 2.24) is 9.80 Å². The highest BCUT2D eigenvalue weighted by Crippen LogP contribution is 2.06. The van der Waals surface area contributed by atoms with Gasteiger partial charge in [-0.1, -0.05) is 12.1 Å². The van der Waals surface area contributed by atoms with Crippen LogP contribution in [0.2, 0.25) is 0 Å². The molecule has 0 aromatic heterocycles. The van der Waals surface area contributed by atoms with Crippen molar-refractivity contribution in [2.24, 2.45) is 0 Å². The van der Waals surface area contributed by atoms with Crippen LogP contribution in [-0.2, 0) is 11.3 Å². The third-order valence-corrected chi connectivity index (χ3v) is 3.06. The largest absolute Gasteiger partial charge is 0.342 e. The van der Waals surface area contributed by atoms with Crippen molar-refractivity contribution in [3.8, 4) is 6.07 Å². The number of amides is 1. The van der Waals surface area contributed by atoms with Crippen LogP contribution in [0.1, 0.15) is 25.0 Å². The third kappa shape index (κ3) is 4.72. The van der Waals surface area contributed by atoms with E-state index in [2.05, 4.69) is 6.07 Å². The summed E-state index contributed by atoms with van der Waals surface area (Å²) in [6.45, 7) is 6.60. The van der Waals surface area contributed by atoms with Crippen molar-refractivity contribution < 1.29 is 4.79 Å². The van der Waals surface area contributed by atoms with Gasteiger partial charge in [-0.25, -0.2) is 0 Å². The summed E-state index contributed by atoms with van der Waals surface area (Å²) in [4.78, 5) is 15.8. The van der Waals surface area contributed by atoms with Crippen LogP contribution in [0.15, 0.2) is 24.3 Å². The number of carbonyl (C=O) groups excluding carboxylic acids is 1. The molecule has 0 aliphatic carbocycles. The quantitative estimate of drug-likeness (QED) is 0.783. The van der Waals surface area contributed by atoms with Gasteiger partial charge in [0, 0.05) is 19.6 Å². The second-order valence-corrected chi connectivity index (χ2v) is 4.55. The minimum atomic E-state index is 0.154. The predicted molar refractivity (Wildman–Crippen MR) is 75.4 cm³/mol. The van der Waals surface area contributed by atoms with Crippen LogP contribution in [-0.4, -0.2) is 42.4 Å². The minimum Gasteiger partial charge on any atom is -0.342 e. The topological polar surface area (TPSA) is 47.3 Å². The van der Waals surface area contributed by atoms with E-state index >= 15 is 0 Å². The molecular formula is C15H21N3O. The Balaban J connectivity index is 2.52. The molecule has 0 spiro atoms. The number of hydrogen-bond donors (Lipinski definition) is 0. The van der Waals surface area contributed by atoms with Gasteiger partial charge in [0.1, 0.15) is 0 Å². The second-order valence-electron chi connectivity index (χ2n) is 4.55. The molecule has 1 aromatic rings. The summed E-state index contributed by atoms with van der Waals surface area (Å²) in [5, 5.41) is 8.73. The monoisotopic (exact) mass is 259 g/mol. The normalized spacial score (nSPS) is 10.3. The number of benzene rings is 1. The smallest absolute Gasteiger partial charge is 0.236 e. The van der Waals surface area contributed by atoms with Crippen LogP contribution in [0.3, 0.4) is 0 Å². The van der Waals surface area contributed by atoms with Crippen LogP contribution < -0.4 is 0 Å². The molecule has 0 unspecified atom stereocenters. The molecule has 1 aromatic carbocycles. The van der Waals surface area contributed by atoms with E-state index in [0.717, 1.165) is 18.7 Å². The molecule has 1 rings (SSSR count). The molecule has 0 saturated heterocycles. The SMILES string of the molecule is CCN(CC)C(=O)CN(C)Cc1ccc(C#N)cc1. The van der Waals surface area contributed by atoms with Crippen molar-refractivity contribution in [3.05, 3.63) is 35.4 Å². The summed E-state index contributed by atoms with van der Waals surface area (Å²) in [7, 11) is 1.93. The molecule has 0 radical (unpaired) electrons. The number of likely N-dealkylation sites (N-methyl/N-ethyl adjacent to an activating group) is 2. The lowest BCUT2D eigenvalue weighted by atomic mass is 10.1. The molecule has 0 fully saturated rings. The van der Waals surface area contributed by atoms with E-state index in [1.165, 1.54) is 0 Å². The summed E-state index contributed by atoms with van der Waals surface area (Å²) in [5.41, 5.74) is 1.76. The Morgan fingerprint density at radius 1 is 1.21 bits per heavy atom. The molecule has 0 atom stereocenters. The number of carbonyl (C=O) groups is 1. The molecule has 0 heterocycles. The molecule has 0 aliphatic rings. The van der Waals surface area contributed by atoms with Gasteiger partial charge in [-0.15, -0.1) is 0 Å². The van der Waals surface area contributed by atoms with Crippen molar-refractivity contribution in [2.75, 3.05) is 26.7 Å². The zero-order valence-corrected chi connectivity index (χ0v) is 11.9. The standard InChI is InChI=1S/C15H21N3O/c1-4-18(5-2)15(19)12-17(3)11-14-8-6-13(10-16)7-9-14/h6-9H,4-5,11-12H2,1-3H3. The van der Waals surface area contributed by atoms with Gasteiger partial charge < -0.3 is 4.90 Å². The fourth-order valence-electron chi connectivity index (χ4n) is 1.96. The molecule has 0 aliphatic heterocycles. The third-order valence-electron chi connectivity index (χ3n) is 3.06. The van der Waals surface area contributed by atoms with Crippen molar-refractivity contribution in [2.45, 2.75) is 20.4 Å². The maximum atomic E-state index is 11.9. The van der Waals surface area contributed by atoms with E-state index in [9.17, 15) is 4.79 Å². The number of nitriles is 1. The predicted octanol–water partition coefficient (Wildman–Crippen LogP) is 1.86. The first-order valence-electron chi connectivity index (χ1n) is 6.56. The number of hydrogen-bond acceptors (Lipinski definition) is 3. The van der Waals surface area contributed by atoms with Gasteiger partial charge in [-0.05, 0) is 38.6 Å². The summed E-state index contributed by atoms with van der Waals surface area (Å²) >= 11 is 0. The number of rotatable bonds is 6. The Morgan fingerprint density at radius 2 is 1.79 bits per heavy atom. The van der Waals surface area contributed by atoms with E-state index < -0.39 is 0 Å². The Labute approximate surface area is 115 Å². The van der Waals surface area contributed by atoms with E-state index in [1.54, 1.807) is 12.1 Å². The molecule has 102 valence electrons. The molecule has 0 bridgehead atoms. The lowest BCUT2D eigenvalue weighted by Gasteiger charge is -2.23. The molecular weight excluding hydrogens is 238 g/mol. The second kappa shape index (κ2) is 7.55. The Hall–Kier alpha value is -1.86. The van der Waals surface area contributed by atoms with Crippen molar-refractivity contribution in [1.29, 1.82) is 5.26 Å². The van der Waals surface area contributed by atoms with E-state index in [-0.39, 0.29) is 5.91 Å². The Bertz CT molecular complexity index is 443. The minimum absolute atomic E-state index is 0.154. The first-order chi connectivity index (χ1) is 9.10. The van der Waals surface area contributed by atoms with Crippen LogP contribution in [0.5, 0.6) is 0 Å². The molecule has 1 amide bonds. The van der Waals surface area contributed by atoms with Crippen molar-refractivity contribution >= 4 is 5.91 Å². The first kappa shape index (κ1) is 15.2. The van der Waals surface area contributed by atoms with Gasteiger partial charge in [0.05, 0.1) is 18.2 Å². The van der Waals surface area contributed by atoms with Gasteiger partial charge >= 0.3 is 0 Å². The molecule has 19 heavy (non-hydrogen) atoms. The van der Waals surface area contributed by atoms with Gasteiger partial charge in [0.2, 0.25) is 5.91 Å². The summed E-state index contributed by atoms with van der Waals surface area (Å²) in [6, 6.07) is 9.55. The van der Waals surface area contributed by atoms with Gasteiger partial charge in [0.25, 0.3) is 0 Å². The van der Waals surface area contributed by atoms with Crippen LogP contribution in [0, 0.1) is 11.3 Å². The highest BCUT2D eigenvalue weighted by molar-refractivity contribution is 5.78. The summed E-state index contributed by atoms with van der Waals surface area (Å²) in [5.74, 6) is 0.154. The maximum absolute atomic E-state index is 11.9. The fourth-order valence-corrected chi connectivity index (χ4v) is 1.96. The van der Waals surface area contributed by atoms with Crippen LogP contribution in [0.4, 0.5) is 0 Å². The Morgan fingerprint density at radius 3 is 2.26 bits per heavy atom. The van der Waals surface area contributed by atoms with E-state index in [1.807, 2.05) is 42.8 Å². The molecule has 0 N–H and O–H groups in total. The highest BCUT2D eigenvalue weighted by atomic mass is 16.2. The van der Waals surface area contributed by atoms with Gasteiger partial charge in [-0.3, -0.25) is 9.69 Å². The first-order valence-corrected chi connectivity index (χ1v) is 6.56. The van der Waals surface area contributed by atoms with Gasteiger partial charge in [0.15, 0.2) is 0 Å². The average Bonchev–Trinajstić information content (AvgIpc) is 2.40. The highest BCUT2D eigenvalue weighted by Gasteiger charge is 2.12. The van der Waals surface area contributed by atoms with Crippen LogP contribution in [0.25, 0.3) is 0 Å². The van der Waals surface area contributed by atoms with E-state index in [4.69, 9.17) is 5.26 Å². The fraction of sp³-hybridized carbons (Fsp3) is 0.467. The molecule has 4 nitrogen and oxygen atoms in total. The summed E-state index contributed by atoms with van der Waals surface area (Å²) in [6.07, 6.45) is 0. The average molecular weight is 259 g/mol. The molecule has 4 heteroatoms. The zero-order valence-electron chi connectivity index (χ0n) is 11.9. The van der Waals surface area contributed by atoms with Crippen LogP contribution >= 0.6 is 0 Å². The lowest BCUT2D eigenvalue weighted by molar-refractivity contribution is -0.131.